The van der Waals surface area contributed by atoms with Crippen LogP contribution in [0.3, 0.4) is 0 Å². The molecule has 0 aliphatic carbocycles. The summed E-state index contributed by atoms with van der Waals surface area (Å²) in [6.45, 7) is 2.66. The van der Waals surface area contributed by atoms with Gasteiger partial charge < -0.3 is 4.74 Å². The number of benzene rings is 1. The third kappa shape index (κ3) is 1.95. The van der Waals surface area contributed by atoms with Gasteiger partial charge in [0, 0.05) is 17.3 Å². The van der Waals surface area contributed by atoms with Gasteiger partial charge in [-0.25, -0.2) is 10.3 Å². The fourth-order valence-electron chi connectivity index (χ4n) is 1.95. The highest BCUT2D eigenvalue weighted by atomic mass is 16.5. The maximum Gasteiger partial charge on any atom is 0.159 e. The van der Waals surface area contributed by atoms with Gasteiger partial charge in [-0.15, -0.1) is 0 Å². The number of aliphatic imine (C=N–C) groups is 1. The fraction of sp³-hybridized carbons (Fsp3) is 0.133. The summed E-state index contributed by atoms with van der Waals surface area (Å²) in [4.78, 5) is 4.51. The normalized spacial score (nSPS) is 16.4. The number of nitrogens with zero attached hydrogens (tertiary/aromatic N) is 2. The Kier molecular flexibility index (Phi) is 2.73. The Morgan fingerprint density at radius 3 is 2.72 bits per heavy atom. The summed E-state index contributed by atoms with van der Waals surface area (Å²) in [5, 5.41) is 4.24. The van der Waals surface area contributed by atoms with Crippen LogP contribution in [0.25, 0.3) is 5.70 Å². The van der Waals surface area contributed by atoms with Crippen molar-refractivity contribution in [3.8, 4) is 5.75 Å². The molecule has 0 saturated carbocycles. The van der Waals surface area contributed by atoms with E-state index in [-0.39, 0.29) is 0 Å². The monoisotopic (exact) mass is 237 g/mol. The standard InChI is InChI=1S/C15H13N2O/c1-2-18-13-7-5-11(6-8-13)14-10-12-4-3-9-16-15(12)17-14/h3-10H,2H2,1H3. The first-order chi connectivity index (χ1) is 8.86. The predicted molar refractivity (Wildman–Crippen MR) is 72.4 cm³/mol. The lowest BCUT2D eigenvalue weighted by atomic mass is 10.1. The number of rotatable bonds is 3. The van der Waals surface area contributed by atoms with Gasteiger partial charge in [-0.05, 0) is 49.4 Å². The molecule has 0 fully saturated rings. The van der Waals surface area contributed by atoms with Crippen molar-refractivity contribution in [2.24, 2.45) is 4.99 Å². The van der Waals surface area contributed by atoms with Gasteiger partial charge in [0.1, 0.15) is 5.75 Å². The van der Waals surface area contributed by atoms with Gasteiger partial charge in [-0.1, -0.05) is 0 Å². The van der Waals surface area contributed by atoms with Crippen molar-refractivity contribution in [1.82, 2.24) is 5.32 Å². The lowest BCUT2D eigenvalue weighted by molar-refractivity contribution is 0.340. The van der Waals surface area contributed by atoms with Crippen LogP contribution in [0.15, 0.2) is 59.3 Å². The minimum atomic E-state index is 0.682. The van der Waals surface area contributed by atoms with Gasteiger partial charge in [0.05, 0.1) is 12.3 Å². The zero-order chi connectivity index (χ0) is 12.4. The van der Waals surface area contributed by atoms with E-state index in [0.29, 0.717) is 6.61 Å². The molecule has 18 heavy (non-hydrogen) atoms. The topological polar surface area (TPSA) is 35.7 Å². The lowest BCUT2D eigenvalue weighted by Crippen LogP contribution is -2.11. The summed E-state index contributed by atoms with van der Waals surface area (Å²) in [5.41, 5.74) is 3.10. The van der Waals surface area contributed by atoms with Crippen LogP contribution in [0.4, 0.5) is 0 Å². The average Bonchev–Trinajstić information content (AvgIpc) is 2.84. The van der Waals surface area contributed by atoms with Gasteiger partial charge >= 0.3 is 0 Å². The van der Waals surface area contributed by atoms with E-state index in [4.69, 9.17) is 4.74 Å². The lowest BCUT2D eigenvalue weighted by Gasteiger charge is -2.04. The summed E-state index contributed by atoms with van der Waals surface area (Å²) < 4.78 is 5.42. The van der Waals surface area contributed by atoms with Crippen molar-refractivity contribution < 1.29 is 4.74 Å². The van der Waals surface area contributed by atoms with Gasteiger partial charge in [-0.2, -0.15) is 0 Å². The molecular formula is C15H13N2O. The highest BCUT2D eigenvalue weighted by molar-refractivity contribution is 6.10. The number of fused-ring (bicyclic) bond motifs is 1. The Balaban J connectivity index is 1.86. The SMILES string of the molecule is CCOc1ccc(C2=CC3=CC=C[N]C3=N2)cc1. The first-order valence-electron chi connectivity index (χ1n) is 5.98. The van der Waals surface area contributed by atoms with Crippen LogP contribution >= 0.6 is 0 Å². The molecule has 1 radical (unpaired) electrons. The molecule has 2 aliphatic heterocycles. The number of allylic oxidation sites excluding steroid dienone is 2. The van der Waals surface area contributed by atoms with Crippen LogP contribution in [-0.4, -0.2) is 12.4 Å². The quantitative estimate of drug-likeness (QED) is 0.796. The van der Waals surface area contributed by atoms with Crippen LogP contribution in [0.1, 0.15) is 12.5 Å². The van der Waals surface area contributed by atoms with E-state index in [2.05, 4.69) is 16.4 Å². The summed E-state index contributed by atoms with van der Waals surface area (Å²) in [5.74, 6) is 1.68. The number of hydrogen-bond donors (Lipinski definition) is 0. The second-order valence-corrected chi connectivity index (χ2v) is 4.02. The zero-order valence-electron chi connectivity index (χ0n) is 10.1. The molecule has 3 heteroatoms. The van der Waals surface area contributed by atoms with E-state index in [1.54, 1.807) is 6.20 Å². The molecule has 0 bridgehead atoms. The smallest absolute Gasteiger partial charge is 0.159 e. The van der Waals surface area contributed by atoms with Crippen molar-refractivity contribution >= 4 is 11.5 Å². The highest BCUT2D eigenvalue weighted by Gasteiger charge is 2.17. The van der Waals surface area contributed by atoms with Crippen LogP contribution < -0.4 is 10.1 Å². The van der Waals surface area contributed by atoms with Crippen molar-refractivity contribution in [3.05, 3.63) is 59.8 Å². The van der Waals surface area contributed by atoms with E-state index in [1.165, 1.54) is 0 Å². The van der Waals surface area contributed by atoms with Crippen molar-refractivity contribution in [2.75, 3.05) is 6.61 Å². The minimum absolute atomic E-state index is 0.682. The zero-order valence-corrected chi connectivity index (χ0v) is 10.1. The van der Waals surface area contributed by atoms with E-state index in [9.17, 15) is 0 Å². The predicted octanol–water partition coefficient (Wildman–Crippen LogP) is 2.90. The Bertz CT molecular complexity index is 577. The van der Waals surface area contributed by atoms with E-state index in [1.807, 2.05) is 43.3 Å². The third-order valence-corrected chi connectivity index (χ3v) is 2.80. The molecule has 3 rings (SSSR count). The fourth-order valence-corrected chi connectivity index (χ4v) is 1.95. The number of ether oxygens (including phenoxy) is 1. The number of hydrogen-bond acceptors (Lipinski definition) is 2. The third-order valence-electron chi connectivity index (χ3n) is 2.80. The molecule has 0 aromatic heterocycles. The van der Waals surface area contributed by atoms with E-state index >= 15 is 0 Å². The van der Waals surface area contributed by atoms with Crippen LogP contribution in [0.2, 0.25) is 0 Å². The van der Waals surface area contributed by atoms with Gasteiger partial charge in [0.2, 0.25) is 0 Å². The first-order valence-corrected chi connectivity index (χ1v) is 5.98. The molecule has 1 aromatic carbocycles. The van der Waals surface area contributed by atoms with Crippen LogP contribution in [0, 0.1) is 0 Å². The first kappa shape index (κ1) is 10.8. The summed E-state index contributed by atoms with van der Waals surface area (Å²) in [7, 11) is 0. The Morgan fingerprint density at radius 1 is 1.17 bits per heavy atom. The van der Waals surface area contributed by atoms with Crippen molar-refractivity contribution in [2.45, 2.75) is 6.92 Å². The molecule has 0 atom stereocenters. The molecule has 0 N–H and O–H groups in total. The van der Waals surface area contributed by atoms with Gasteiger partial charge in [0.25, 0.3) is 0 Å². The summed E-state index contributed by atoms with van der Waals surface area (Å²) in [6.07, 6.45) is 7.76. The Labute approximate surface area is 106 Å². The maximum atomic E-state index is 5.42. The Hall–Kier alpha value is -2.29. The van der Waals surface area contributed by atoms with Gasteiger partial charge in [-0.3, -0.25) is 0 Å². The molecule has 2 aliphatic rings. The number of amidine groups is 1. The summed E-state index contributed by atoms with van der Waals surface area (Å²) >= 11 is 0. The van der Waals surface area contributed by atoms with Gasteiger partial charge in [0.15, 0.2) is 5.84 Å². The molecule has 0 amide bonds. The van der Waals surface area contributed by atoms with Crippen molar-refractivity contribution in [1.29, 1.82) is 0 Å². The molecule has 0 saturated heterocycles. The van der Waals surface area contributed by atoms with E-state index < -0.39 is 0 Å². The largest absolute Gasteiger partial charge is 0.494 e. The molecule has 0 spiro atoms. The summed E-state index contributed by atoms with van der Waals surface area (Å²) in [6, 6.07) is 7.97. The second kappa shape index (κ2) is 4.53. The molecule has 3 nitrogen and oxygen atoms in total. The van der Waals surface area contributed by atoms with Crippen LogP contribution in [0.5, 0.6) is 5.75 Å². The van der Waals surface area contributed by atoms with Crippen LogP contribution in [-0.2, 0) is 0 Å². The maximum absolute atomic E-state index is 5.42. The van der Waals surface area contributed by atoms with E-state index in [0.717, 1.165) is 28.4 Å². The molecule has 89 valence electrons. The molecule has 1 aromatic rings. The van der Waals surface area contributed by atoms with Crippen molar-refractivity contribution in [3.63, 3.8) is 0 Å². The Morgan fingerprint density at radius 2 is 2.00 bits per heavy atom. The average molecular weight is 237 g/mol. The minimum Gasteiger partial charge on any atom is -0.494 e. The second-order valence-electron chi connectivity index (χ2n) is 4.02. The highest BCUT2D eigenvalue weighted by Crippen LogP contribution is 2.27. The molecular weight excluding hydrogens is 224 g/mol. The molecule has 0 unspecified atom stereocenters. The molecule has 2 heterocycles.